The molecule has 0 saturated heterocycles. The molecule has 3 aromatic rings. The molecule has 5 nitrogen and oxygen atoms in total. The van der Waals surface area contributed by atoms with Gasteiger partial charge in [-0.05, 0) is 43.2 Å². The summed E-state index contributed by atoms with van der Waals surface area (Å²) in [6, 6.07) is 14.9. The van der Waals surface area contributed by atoms with Crippen LogP contribution >= 0.6 is 0 Å². The Balaban J connectivity index is 1.85. The molecule has 0 unspecified atom stereocenters. The molecule has 0 fully saturated rings. The Morgan fingerprint density at radius 1 is 1.06 bits per heavy atom. The average Bonchev–Trinajstić information content (AvgIpc) is 2.79. The number of nitrogens with zero attached hydrogens (tertiary/aromatic N) is 1. The van der Waals surface area contributed by atoms with Crippen molar-refractivity contribution >= 4 is 5.91 Å². The van der Waals surface area contributed by atoms with Gasteiger partial charge in [0.1, 0.15) is 6.61 Å². The summed E-state index contributed by atoms with van der Waals surface area (Å²) < 4.78 is 46.1. The minimum atomic E-state index is -4.47. The Morgan fingerprint density at radius 3 is 2.33 bits per heavy atom. The maximum atomic E-state index is 12.8. The number of halogens is 3. The molecular weight excluding hydrogens is 433 g/mol. The van der Waals surface area contributed by atoms with Crippen LogP contribution in [-0.2, 0) is 25.9 Å². The van der Waals surface area contributed by atoms with Gasteiger partial charge in [0.25, 0.3) is 5.91 Å². The van der Waals surface area contributed by atoms with Crippen molar-refractivity contribution in [1.29, 1.82) is 0 Å². The van der Waals surface area contributed by atoms with Gasteiger partial charge in [0.05, 0.1) is 17.8 Å². The average molecular weight is 458 g/mol. The van der Waals surface area contributed by atoms with E-state index in [1.165, 1.54) is 6.07 Å². The summed E-state index contributed by atoms with van der Waals surface area (Å²) in [6.07, 6.45) is -3.68. The standard InChI is InChI=1S/C25H25F3N2O3/c1-3-13-30-17(2)14-22(31)23(33-16-18-7-5-4-6-8-18)21(30)15-29-24(32)19-9-11-20(12-10-19)25(26,27)28/h4-12,14H,3,13,15-16H2,1-2H3,(H,29,32). The van der Waals surface area contributed by atoms with E-state index in [1.54, 1.807) is 6.92 Å². The summed E-state index contributed by atoms with van der Waals surface area (Å²) in [6.45, 7) is 4.58. The molecule has 0 spiro atoms. The lowest BCUT2D eigenvalue weighted by atomic mass is 10.1. The molecule has 0 aliphatic heterocycles. The second kappa shape index (κ2) is 10.4. The maximum Gasteiger partial charge on any atom is 0.416 e. The third-order valence-corrected chi connectivity index (χ3v) is 5.14. The van der Waals surface area contributed by atoms with E-state index in [2.05, 4.69) is 5.32 Å². The zero-order valence-corrected chi connectivity index (χ0v) is 18.4. The summed E-state index contributed by atoms with van der Waals surface area (Å²) in [4.78, 5) is 25.3. The first-order chi connectivity index (χ1) is 15.7. The van der Waals surface area contributed by atoms with Crippen molar-refractivity contribution in [3.05, 3.63) is 99.0 Å². The minimum absolute atomic E-state index is 0.0130. The van der Waals surface area contributed by atoms with Crippen molar-refractivity contribution in [1.82, 2.24) is 9.88 Å². The van der Waals surface area contributed by atoms with Crippen LogP contribution in [0.25, 0.3) is 0 Å². The molecule has 1 N–H and O–H groups in total. The number of carbonyl (C=O) groups excluding carboxylic acids is 1. The fourth-order valence-electron chi connectivity index (χ4n) is 3.48. The number of benzene rings is 2. The monoisotopic (exact) mass is 458 g/mol. The van der Waals surface area contributed by atoms with Crippen molar-refractivity contribution < 1.29 is 22.7 Å². The molecule has 0 saturated carbocycles. The second-order valence-electron chi connectivity index (χ2n) is 7.61. The van der Waals surface area contributed by atoms with Crippen LogP contribution in [0.4, 0.5) is 13.2 Å². The third-order valence-electron chi connectivity index (χ3n) is 5.14. The lowest BCUT2D eigenvalue weighted by Gasteiger charge is -2.20. The van der Waals surface area contributed by atoms with Gasteiger partial charge < -0.3 is 14.6 Å². The maximum absolute atomic E-state index is 12.8. The highest BCUT2D eigenvalue weighted by Crippen LogP contribution is 2.29. The van der Waals surface area contributed by atoms with Crippen LogP contribution in [-0.4, -0.2) is 10.5 Å². The van der Waals surface area contributed by atoms with E-state index in [1.807, 2.05) is 41.8 Å². The molecule has 3 rings (SSSR count). The topological polar surface area (TPSA) is 60.3 Å². The summed E-state index contributed by atoms with van der Waals surface area (Å²) in [5.74, 6) is -0.402. The molecule has 0 bridgehead atoms. The molecular formula is C25H25F3N2O3. The van der Waals surface area contributed by atoms with E-state index in [0.29, 0.717) is 12.2 Å². The lowest BCUT2D eigenvalue weighted by molar-refractivity contribution is -0.137. The Hall–Kier alpha value is -3.55. The number of pyridine rings is 1. The predicted octanol–water partition coefficient (Wildman–Crippen LogP) is 5.09. The normalized spacial score (nSPS) is 11.3. The molecule has 2 aromatic carbocycles. The largest absolute Gasteiger partial charge is 0.483 e. The summed E-state index contributed by atoms with van der Waals surface area (Å²) in [5, 5.41) is 2.71. The van der Waals surface area contributed by atoms with Crippen LogP contribution < -0.4 is 15.5 Å². The SMILES string of the molecule is CCCn1c(C)cc(=O)c(OCc2ccccc2)c1CNC(=O)c1ccc(C(F)(F)F)cc1. The van der Waals surface area contributed by atoms with Crippen molar-refractivity contribution in [2.45, 2.75) is 46.1 Å². The number of amides is 1. The molecule has 1 heterocycles. The zero-order chi connectivity index (χ0) is 24.0. The number of nitrogens with one attached hydrogen (secondary N) is 1. The molecule has 8 heteroatoms. The first-order valence-corrected chi connectivity index (χ1v) is 10.6. The molecule has 174 valence electrons. The van der Waals surface area contributed by atoms with E-state index in [4.69, 9.17) is 4.74 Å². The molecule has 0 atom stereocenters. The number of hydrogen-bond donors (Lipinski definition) is 1. The van der Waals surface area contributed by atoms with Crippen LogP contribution in [0.2, 0.25) is 0 Å². The zero-order valence-electron chi connectivity index (χ0n) is 18.4. The van der Waals surface area contributed by atoms with E-state index in [9.17, 15) is 22.8 Å². The second-order valence-corrected chi connectivity index (χ2v) is 7.61. The molecule has 1 aromatic heterocycles. The van der Waals surface area contributed by atoms with Gasteiger partial charge in [0.15, 0.2) is 5.75 Å². The van der Waals surface area contributed by atoms with Crippen molar-refractivity contribution in [3.63, 3.8) is 0 Å². The number of rotatable bonds is 8. The molecule has 1 amide bonds. The summed E-state index contributed by atoms with van der Waals surface area (Å²) in [7, 11) is 0. The van der Waals surface area contributed by atoms with E-state index in [-0.39, 0.29) is 29.9 Å². The lowest BCUT2D eigenvalue weighted by Crippen LogP contribution is -2.28. The fourth-order valence-corrected chi connectivity index (χ4v) is 3.48. The van der Waals surface area contributed by atoms with Gasteiger partial charge in [-0.2, -0.15) is 13.2 Å². The number of aromatic nitrogens is 1. The van der Waals surface area contributed by atoms with Crippen LogP contribution in [0.15, 0.2) is 65.5 Å². The van der Waals surface area contributed by atoms with Gasteiger partial charge >= 0.3 is 6.18 Å². The van der Waals surface area contributed by atoms with E-state index < -0.39 is 17.6 Å². The van der Waals surface area contributed by atoms with Gasteiger partial charge in [0.2, 0.25) is 5.43 Å². The van der Waals surface area contributed by atoms with Crippen LogP contribution in [0, 0.1) is 6.92 Å². The molecule has 0 aliphatic carbocycles. The molecule has 33 heavy (non-hydrogen) atoms. The van der Waals surface area contributed by atoms with Crippen molar-refractivity contribution in [2.75, 3.05) is 0 Å². The Morgan fingerprint density at radius 2 is 1.73 bits per heavy atom. The van der Waals surface area contributed by atoms with Crippen molar-refractivity contribution in [2.24, 2.45) is 0 Å². The number of alkyl halides is 3. The van der Waals surface area contributed by atoms with Gasteiger partial charge in [-0.1, -0.05) is 37.3 Å². The molecule has 0 radical (unpaired) electrons. The number of aryl methyl sites for hydroxylation is 1. The van der Waals surface area contributed by atoms with Gasteiger partial charge in [-0.3, -0.25) is 9.59 Å². The van der Waals surface area contributed by atoms with Gasteiger partial charge in [0, 0.05) is 23.9 Å². The highest BCUT2D eigenvalue weighted by molar-refractivity contribution is 5.94. The first-order valence-electron chi connectivity index (χ1n) is 10.6. The summed E-state index contributed by atoms with van der Waals surface area (Å²) >= 11 is 0. The van der Waals surface area contributed by atoms with E-state index >= 15 is 0 Å². The third kappa shape index (κ3) is 6.03. The highest BCUT2D eigenvalue weighted by Gasteiger charge is 2.30. The first kappa shape index (κ1) is 24.1. The smallest absolute Gasteiger partial charge is 0.416 e. The van der Waals surface area contributed by atoms with Crippen molar-refractivity contribution in [3.8, 4) is 5.75 Å². The Bertz CT molecular complexity index is 1150. The predicted molar refractivity (Wildman–Crippen MR) is 119 cm³/mol. The van der Waals surface area contributed by atoms with Crippen LogP contribution in [0.5, 0.6) is 5.75 Å². The van der Waals surface area contributed by atoms with E-state index in [0.717, 1.165) is 41.9 Å². The Labute approximate surface area is 189 Å². The number of ether oxygens (including phenoxy) is 1. The highest BCUT2D eigenvalue weighted by atomic mass is 19.4. The molecule has 0 aliphatic rings. The van der Waals surface area contributed by atoms with Crippen LogP contribution in [0.1, 0.15) is 46.2 Å². The van der Waals surface area contributed by atoms with Gasteiger partial charge in [-0.15, -0.1) is 0 Å². The summed E-state index contributed by atoms with van der Waals surface area (Å²) in [5.41, 5.74) is 1.09. The van der Waals surface area contributed by atoms with Gasteiger partial charge in [-0.25, -0.2) is 0 Å². The Kier molecular flexibility index (Phi) is 7.58. The fraction of sp³-hybridized carbons (Fsp3) is 0.280. The minimum Gasteiger partial charge on any atom is -0.483 e. The number of hydrogen-bond acceptors (Lipinski definition) is 3. The van der Waals surface area contributed by atoms with Crippen LogP contribution in [0.3, 0.4) is 0 Å². The number of carbonyl (C=O) groups is 1. The quantitative estimate of drug-likeness (QED) is 0.511.